The van der Waals surface area contributed by atoms with Crippen LogP contribution in [0.25, 0.3) is 0 Å². The monoisotopic (exact) mass is 213 g/mol. The van der Waals surface area contributed by atoms with Gasteiger partial charge in [-0.05, 0) is 24.1 Å². The quantitative estimate of drug-likeness (QED) is 0.827. The van der Waals surface area contributed by atoms with E-state index in [0.717, 1.165) is 12.0 Å². The van der Waals surface area contributed by atoms with Gasteiger partial charge in [0.15, 0.2) is 9.84 Å². The first-order chi connectivity index (χ1) is 6.45. The molecule has 0 unspecified atom stereocenters. The fourth-order valence-electron chi connectivity index (χ4n) is 1.20. The van der Waals surface area contributed by atoms with Gasteiger partial charge in [-0.3, -0.25) is 0 Å². The zero-order valence-corrected chi connectivity index (χ0v) is 9.21. The number of rotatable bonds is 3. The summed E-state index contributed by atoms with van der Waals surface area (Å²) in [6.07, 6.45) is 2.04. The van der Waals surface area contributed by atoms with Crippen molar-refractivity contribution < 1.29 is 8.42 Å². The van der Waals surface area contributed by atoms with E-state index in [1.54, 1.807) is 24.3 Å². The lowest BCUT2D eigenvalue weighted by Gasteiger charge is -2.09. The number of nitrogens with two attached hydrogens (primary N) is 1. The van der Waals surface area contributed by atoms with Crippen LogP contribution in [0, 0.1) is 0 Å². The Hall–Kier alpha value is -0.870. The molecule has 0 saturated heterocycles. The first kappa shape index (κ1) is 11.2. The Morgan fingerprint density at radius 2 is 1.79 bits per heavy atom. The Bertz CT molecular complexity index is 395. The summed E-state index contributed by atoms with van der Waals surface area (Å²) in [5.41, 5.74) is 6.78. The Labute approximate surface area is 84.9 Å². The number of benzene rings is 1. The maximum Gasteiger partial charge on any atom is 0.175 e. The van der Waals surface area contributed by atoms with Crippen LogP contribution >= 0.6 is 0 Å². The van der Waals surface area contributed by atoms with Crippen LogP contribution in [0.1, 0.15) is 24.9 Å². The summed E-state index contributed by atoms with van der Waals surface area (Å²) in [5.74, 6) is 0. The third-order valence-corrected chi connectivity index (χ3v) is 3.30. The topological polar surface area (TPSA) is 60.2 Å². The van der Waals surface area contributed by atoms with E-state index in [1.165, 1.54) is 6.26 Å². The zero-order valence-electron chi connectivity index (χ0n) is 8.40. The maximum absolute atomic E-state index is 11.2. The molecule has 0 aliphatic heterocycles. The first-order valence-corrected chi connectivity index (χ1v) is 6.40. The summed E-state index contributed by atoms with van der Waals surface area (Å²) in [5, 5.41) is 0. The van der Waals surface area contributed by atoms with Crippen molar-refractivity contribution >= 4 is 9.84 Å². The predicted molar refractivity (Wildman–Crippen MR) is 56.8 cm³/mol. The number of hydrogen-bond donors (Lipinski definition) is 1. The maximum atomic E-state index is 11.2. The fraction of sp³-hybridized carbons (Fsp3) is 0.400. The SMILES string of the molecule is CC[C@@H](N)c1ccc(S(C)(=O)=O)cc1. The minimum Gasteiger partial charge on any atom is -0.324 e. The average molecular weight is 213 g/mol. The van der Waals surface area contributed by atoms with Crippen molar-refractivity contribution in [2.24, 2.45) is 5.73 Å². The van der Waals surface area contributed by atoms with E-state index in [0.29, 0.717) is 4.90 Å². The second-order valence-electron chi connectivity index (χ2n) is 3.36. The first-order valence-electron chi connectivity index (χ1n) is 4.50. The summed E-state index contributed by atoms with van der Waals surface area (Å²) >= 11 is 0. The second kappa shape index (κ2) is 4.11. The van der Waals surface area contributed by atoms with Gasteiger partial charge in [0.2, 0.25) is 0 Å². The van der Waals surface area contributed by atoms with Crippen LogP contribution in [0.2, 0.25) is 0 Å². The lowest BCUT2D eigenvalue weighted by molar-refractivity contribution is 0.601. The molecule has 2 N–H and O–H groups in total. The molecule has 0 aliphatic carbocycles. The van der Waals surface area contributed by atoms with Crippen molar-refractivity contribution in [1.82, 2.24) is 0 Å². The highest BCUT2D eigenvalue weighted by Gasteiger charge is 2.08. The Morgan fingerprint density at radius 3 is 2.14 bits per heavy atom. The molecule has 0 radical (unpaired) electrons. The molecular formula is C10H15NO2S. The van der Waals surface area contributed by atoms with Crippen LogP contribution < -0.4 is 5.73 Å². The van der Waals surface area contributed by atoms with Gasteiger partial charge in [-0.1, -0.05) is 19.1 Å². The van der Waals surface area contributed by atoms with Crippen LogP contribution in [0.3, 0.4) is 0 Å². The molecule has 14 heavy (non-hydrogen) atoms. The van der Waals surface area contributed by atoms with E-state index >= 15 is 0 Å². The van der Waals surface area contributed by atoms with E-state index in [9.17, 15) is 8.42 Å². The highest BCUT2D eigenvalue weighted by molar-refractivity contribution is 7.90. The van der Waals surface area contributed by atoms with Gasteiger partial charge in [0.05, 0.1) is 4.90 Å². The third-order valence-electron chi connectivity index (χ3n) is 2.18. The summed E-state index contributed by atoms with van der Waals surface area (Å²) in [6, 6.07) is 6.72. The molecule has 4 heteroatoms. The van der Waals surface area contributed by atoms with Crippen LogP contribution in [0.15, 0.2) is 29.2 Å². The minimum absolute atomic E-state index is 0.0105. The molecular weight excluding hydrogens is 198 g/mol. The van der Waals surface area contributed by atoms with Gasteiger partial charge in [0, 0.05) is 12.3 Å². The molecule has 0 spiro atoms. The van der Waals surface area contributed by atoms with Crippen molar-refractivity contribution in [3.05, 3.63) is 29.8 Å². The molecule has 0 fully saturated rings. The van der Waals surface area contributed by atoms with Crippen LogP contribution in [0.4, 0.5) is 0 Å². The van der Waals surface area contributed by atoms with Gasteiger partial charge in [-0.15, -0.1) is 0 Å². The third kappa shape index (κ3) is 2.56. The Morgan fingerprint density at radius 1 is 1.29 bits per heavy atom. The highest BCUT2D eigenvalue weighted by atomic mass is 32.2. The molecule has 0 amide bonds. The lowest BCUT2D eigenvalue weighted by Crippen LogP contribution is -2.08. The molecule has 1 aromatic rings. The van der Waals surface area contributed by atoms with Crippen molar-refractivity contribution in [3.8, 4) is 0 Å². The molecule has 0 bridgehead atoms. The molecule has 0 heterocycles. The van der Waals surface area contributed by atoms with Gasteiger partial charge in [-0.2, -0.15) is 0 Å². The number of hydrogen-bond acceptors (Lipinski definition) is 3. The predicted octanol–water partition coefficient (Wildman–Crippen LogP) is 1.50. The van der Waals surface area contributed by atoms with Gasteiger partial charge >= 0.3 is 0 Å². The van der Waals surface area contributed by atoms with E-state index in [2.05, 4.69) is 0 Å². The molecule has 1 rings (SSSR count). The van der Waals surface area contributed by atoms with Crippen molar-refractivity contribution in [2.45, 2.75) is 24.3 Å². The number of sulfone groups is 1. The van der Waals surface area contributed by atoms with E-state index in [1.807, 2.05) is 6.92 Å². The molecule has 1 atom stereocenters. The highest BCUT2D eigenvalue weighted by Crippen LogP contribution is 2.16. The minimum atomic E-state index is -3.09. The molecule has 0 aromatic heterocycles. The van der Waals surface area contributed by atoms with Gasteiger partial charge in [0.1, 0.15) is 0 Å². The average Bonchev–Trinajstić information content (AvgIpc) is 2.15. The molecule has 78 valence electrons. The van der Waals surface area contributed by atoms with E-state index in [-0.39, 0.29) is 6.04 Å². The van der Waals surface area contributed by atoms with Gasteiger partial charge in [-0.25, -0.2) is 8.42 Å². The molecule has 0 saturated carbocycles. The summed E-state index contributed by atoms with van der Waals surface area (Å²) in [7, 11) is -3.09. The molecule has 1 aromatic carbocycles. The van der Waals surface area contributed by atoms with Crippen molar-refractivity contribution in [1.29, 1.82) is 0 Å². The van der Waals surface area contributed by atoms with Gasteiger partial charge in [0.25, 0.3) is 0 Å². The van der Waals surface area contributed by atoms with E-state index < -0.39 is 9.84 Å². The summed E-state index contributed by atoms with van der Waals surface area (Å²) in [4.78, 5) is 0.338. The van der Waals surface area contributed by atoms with Gasteiger partial charge < -0.3 is 5.73 Å². The van der Waals surface area contributed by atoms with Crippen LogP contribution in [-0.2, 0) is 9.84 Å². The lowest BCUT2D eigenvalue weighted by atomic mass is 10.1. The Kier molecular flexibility index (Phi) is 3.29. The van der Waals surface area contributed by atoms with Crippen LogP contribution in [0.5, 0.6) is 0 Å². The van der Waals surface area contributed by atoms with Crippen molar-refractivity contribution in [3.63, 3.8) is 0 Å². The fourth-order valence-corrected chi connectivity index (χ4v) is 1.83. The van der Waals surface area contributed by atoms with E-state index in [4.69, 9.17) is 5.73 Å². The summed E-state index contributed by atoms with van der Waals surface area (Å²) in [6.45, 7) is 2.00. The zero-order chi connectivity index (χ0) is 10.8. The largest absolute Gasteiger partial charge is 0.324 e. The smallest absolute Gasteiger partial charge is 0.175 e. The molecule has 3 nitrogen and oxygen atoms in total. The standard InChI is InChI=1S/C10H15NO2S/c1-3-10(11)8-4-6-9(7-5-8)14(2,12)13/h4-7,10H,3,11H2,1-2H3/t10-/m1/s1. The van der Waals surface area contributed by atoms with Crippen molar-refractivity contribution in [2.75, 3.05) is 6.26 Å². The molecule has 0 aliphatic rings. The summed E-state index contributed by atoms with van der Waals surface area (Å²) < 4.78 is 22.3. The van der Waals surface area contributed by atoms with Crippen LogP contribution in [-0.4, -0.2) is 14.7 Å². The Balaban J connectivity index is 3.01. The normalized spacial score (nSPS) is 13.9. The second-order valence-corrected chi connectivity index (χ2v) is 5.37.